The van der Waals surface area contributed by atoms with Crippen LogP contribution in [-0.2, 0) is 4.79 Å². The lowest BCUT2D eigenvalue weighted by molar-refractivity contribution is -0.385. The van der Waals surface area contributed by atoms with Crippen LogP contribution in [0.1, 0.15) is 11.3 Å². The number of hydrogen-bond donors (Lipinski definition) is 1. The summed E-state index contributed by atoms with van der Waals surface area (Å²) in [7, 11) is 0. The van der Waals surface area contributed by atoms with Crippen molar-refractivity contribution in [1.29, 1.82) is 0 Å². The van der Waals surface area contributed by atoms with Crippen LogP contribution in [0, 0.1) is 24.0 Å². The van der Waals surface area contributed by atoms with Gasteiger partial charge in [-0.3, -0.25) is 19.7 Å². The molecule has 4 rings (SSSR count). The molecule has 0 aliphatic heterocycles. The summed E-state index contributed by atoms with van der Waals surface area (Å²) in [6, 6.07) is 18.5. The van der Waals surface area contributed by atoms with Gasteiger partial charge in [0.1, 0.15) is 17.1 Å². The molecule has 0 saturated heterocycles. The maximum Gasteiger partial charge on any atom is 0.274 e. The van der Waals surface area contributed by atoms with Gasteiger partial charge in [-0.1, -0.05) is 36.4 Å². The Morgan fingerprint density at radius 3 is 2.55 bits per heavy atom. The summed E-state index contributed by atoms with van der Waals surface area (Å²) in [5, 5.41) is 14.0. The predicted octanol–water partition coefficient (Wildman–Crippen LogP) is 5.00. The average Bonchev–Trinajstić information content (AvgIpc) is 2.79. The summed E-state index contributed by atoms with van der Waals surface area (Å²) in [4.78, 5) is 35.8. The van der Waals surface area contributed by atoms with E-state index in [0.717, 1.165) is 5.56 Å². The highest BCUT2D eigenvalue weighted by molar-refractivity contribution is 5.92. The zero-order chi connectivity index (χ0) is 23.5. The van der Waals surface area contributed by atoms with Gasteiger partial charge >= 0.3 is 0 Å². The summed E-state index contributed by atoms with van der Waals surface area (Å²) in [5.74, 6) is 0.349. The molecule has 0 radical (unpaired) electrons. The Bertz CT molecular complexity index is 1430. The van der Waals surface area contributed by atoms with Crippen molar-refractivity contribution in [2.75, 3.05) is 11.9 Å². The third kappa shape index (κ3) is 4.59. The molecule has 33 heavy (non-hydrogen) atoms. The zero-order valence-corrected chi connectivity index (χ0v) is 18.0. The van der Waals surface area contributed by atoms with Crippen LogP contribution in [0.5, 0.6) is 5.75 Å². The second-order valence-corrected chi connectivity index (χ2v) is 7.48. The highest BCUT2D eigenvalue weighted by atomic mass is 16.6. The van der Waals surface area contributed by atoms with Gasteiger partial charge in [0.2, 0.25) is 5.43 Å². The molecule has 0 unspecified atom stereocenters. The first-order valence-electron chi connectivity index (χ1n) is 10.1. The van der Waals surface area contributed by atoms with Crippen molar-refractivity contribution < 1.29 is 18.9 Å². The molecule has 1 N–H and O–H groups in total. The van der Waals surface area contributed by atoms with E-state index in [1.807, 2.05) is 30.3 Å². The van der Waals surface area contributed by atoms with Gasteiger partial charge < -0.3 is 14.5 Å². The molecule has 4 aromatic rings. The second kappa shape index (κ2) is 8.96. The summed E-state index contributed by atoms with van der Waals surface area (Å²) < 4.78 is 11.4. The molecule has 0 saturated carbocycles. The Hall–Kier alpha value is -4.46. The fourth-order valence-electron chi connectivity index (χ4n) is 3.54. The highest BCUT2D eigenvalue weighted by Gasteiger charge is 2.15. The van der Waals surface area contributed by atoms with Crippen LogP contribution in [0.25, 0.3) is 22.1 Å². The van der Waals surface area contributed by atoms with Crippen molar-refractivity contribution in [3.63, 3.8) is 0 Å². The summed E-state index contributed by atoms with van der Waals surface area (Å²) in [6.45, 7) is 3.03. The normalized spacial score (nSPS) is 10.7. The monoisotopic (exact) mass is 444 g/mol. The fourth-order valence-corrected chi connectivity index (χ4v) is 3.54. The van der Waals surface area contributed by atoms with Gasteiger partial charge in [0, 0.05) is 23.4 Å². The van der Waals surface area contributed by atoms with Crippen molar-refractivity contribution in [3.05, 3.63) is 98.4 Å². The van der Waals surface area contributed by atoms with Crippen molar-refractivity contribution in [2.24, 2.45) is 0 Å². The lowest BCUT2D eigenvalue weighted by atomic mass is 10.0. The first-order chi connectivity index (χ1) is 15.8. The summed E-state index contributed by atoms with van der Waals surface area (Å²) >= 11 is 0. The molecule has 3 aromatic carbocycles. The molecule has 166 valence electrons. The van der Waals surface area contributed by atoms with Crippen molar-refractivity contribution in [2.45, 2.75) is 13.8 Å². The number of benzene rings is 3. The maximum absolute atomic E-state index is 13.0. The van der Waals surface area contributed by atoms with E-state index in [1.165, 1.54) is 6.07 Å². The Labute approximate surface area is 188 Å². The minimum Gasteiger partial charge on any atom is -0.484 e. The summed E-state index contributed by atoms with van der Waals surface area (Å²) in [5.41, 5.74) is 2.20. The summed E-state index contributed by atoms with van der Waals surface area (Å²) in [6.07, 6.45) is 0. The van der Waals surface area contributed by atoms with Crippen LogP contribution in [0.2, 0.25) is 0 Å². The minimum atomic E-state index is -0.504. The number of carbonyl (C=O) groups excluding carboxylic acids is 1. The predicted molar refractivity (Wildman–Crippen MR) is 125 cm³/mol. The molecule has 8 nitrogen and oxygen atoms in total. The number of rotatable bonds is 6. The Morgan fingerprint density at radius 2 is 1.82 bits per heavy atom. The molecule has 1 heterocycles. The van der Waals surface area contributed by atoms with Gasteiger partial charge in [0.25, 0.3) is 11.6 Å². The molecule has 0 fully saturated rings. The van der Waals surface area contributed by atoms with E-state index in [2.05, 4.69) is 5.32 Å². The van der Waals surface area contributed by atoms with E-state index >= 15 is 0 Å². The van der Waals surface area contributed by atoms with Gasteiger partial charge in [-0.2, -0.15) is 0 Å². The number of ether oxygens (including phenoxy) is 1. The van der Waals surface area contributed by atoms with E-state index in [1.54, 1.807) is 44.2 Å². The Balaban J connectivity index is 1.51. The van der Waals surface area contributed by atoms with Gasteiger partial charge in [-0.25, -0.2) is 0 Å². The SMILES string of the molecule is Cc1ccc(NC(=O)COc2ccc3c(=O)c(-c4ccccc4)c(C)oc3c2)cc1[N+](=O)[O-]. The van der Waals surface area contributed by atoms with E-state index in [0.29, 0.717) is 39.3 Å². The second-order valence-electron chi connectivity index (χ2n) is 7.48. The minimum absolute atomic E-state index is 0.0801. The topological polar surface area (TPSA) is 112 Å². The number of carbonyl (C=O) groups is 1. The van der Waals surface area contributed by atoms with Crippen LogP contribution in [0.4, 0.5) is 11.4 Å². The number of nitrogens with one attached hydrogen (secondary N) is 1. The van der Waals surface area contributed by atoms with Crippen molar-refractivity contribution >= 4 is 28.3 Å². The number of nitro groups is 1. The Kier molecular flexibility index (Phi) is 5.91. The average molecular weight is 444 g/mol. The third-order valence-corrected chi connectivity index (χ3v) is 5.16. The van der Waals surface area contributed by atoms with E-state index < -0.39 is 10.8 Å². The quantitative estimate of drug-likeness (QED) is 0.331. The lowest BCUT2D eigenvalue weighted by Crippen LogP contribution is -2.20. The van der Waals surface area contributed by atoms with Crippen molar-refractivity contribution in [1.82, 2.24) is 0 Å². The van der Waals surface area contributed by atoms with Gasteiger partial charge in [-0.15, -0.1) is 0 Å². The van der Waals surface area contributed by atoms with Crippen molar-refractivity contribution in [3.8, 4) is 16.9 Å². The number of hydrogen-bond acceptors (Lipinski definition) is 6. The Morgan fingerprint density at radius 1 is 1.06 bits per heavy atom. The molecule has 1 aromatic heterocycles. The molecular formula is C25H20N2O6. The van der Waals surface area contributed by atoms with Crippen LogP contribution in [0.15, 0.2) is 75.9 Å². The first-order valence-corrected chi connectivity index (χ1v) is 10.1. The number of nitrogens with zero attached hydrogens (tertiary/aromatic N) is 1. The molecule has 0 aliphatic carbocycles. The van der Waals surface area contributed by atoms with Gasteiger partial charge in [-0.05, 0) is 37.6 Å². The highest BCUT2D eigenvalue weighted by Crippen LogP contribution is 2.26. The van der Waals surface area contributed by atoms with Gasteiger partial charge in [0.05, 0.1) is 15.9 Å². The maximum atomic E-state index is 13.0. The number of aryl methyl sites for hydroxylation is 2. The zero-order valence-electron chi connectivity index (χ0n) is 18.0. The standard InChI is InChI=1S/C25H20N2O6/c1-15-8-9-18(12-21(15)27(30)31)26-23(28)14-32-19-10-11-20-22(13-19)33-16(2)24(25(20)29)17-6-4-3-5-7-17/h3-13H,14H2,1-2H3,(H,26,28). The third-order valence-electron chi connectivity index (χ3n) is 5.16. The molecule has 0 spiro atoms. The van der Waals surface area contributed by atoms with E-state index in [4.69, 9.17) is 9.15 Å². The smallest absolute Gasteiger partial charge is 0.274 e. The fraction of sp³-hybridized carbons (Fsp3) is 0.120. The molecule has 1 amide bonds. The molecule has 8 heteroatoms. The first kappa shape index (κ1) is 21.8. The number of nitro benzene ring substituents is 1. The molecule has 0 bridgehead atoms. The molecule has 0 atom stereocenters. The van der Waals surface area contributed by atoms with Crippen LogP contribution >= 0.6 is 0 Å². The van der Waals surface area contributed by atoms with E-state index in [-0.39, 0.29) is 17.7 Å². The lowest BCUT2D eigenvalue weighted by Gasteiger charge is -2.10. The molecular weight excluding hydrogens is 424 g/mol. The van der Waals surface area contributed by atoms with Crippen LogP contribution < -0.4 is 15.5 Å². The number of amides is 1. The number of fused-ring (bicyclic) bond motifs is 1. The number of anilines is 1. The van der Waals surface area contributed by atoms with E-state index in [9.17, 15) is 19.7 Å². The molecule has 0 aliphatic rings. The largest absolute Gasteiger partial charge is 0.484 e. The van der Waals surface area contributed by atoms with Crippen LogP contribution in [0.3, 0.4) is 0 Å². The van der Waals surface area contributed by atoms with Gasteiger partial charge in [0.15, 0.2) is 6.61 Å². The van der Waals surface area contributed by atoms with Crippen LogP contribution in [-0.4, -0.2) is 17.4 Å².